The first kappa shape index (κ1) is 16.5. The number of ether oxygens (including phenoxy) is 1. The van der Waals surface area contributed by atoms with Crippen LogP contribution in [0.15, 0.2) is 0 Å². The van der Waals surface area contributed by atoms with Gasteiger partial charge in [0.25, 0.3) is 0 Å². The molecule has 0 saturated carbocycles. The van der Waals surface area contributed by atoms with E-state index < -0.39 is 10.0 Å². The van der Waals surface area contributed by atoms with E-state index in [1.807, 2.05) is 18.7 Å². The van der Waals surface area contributed by atoms with Crippen molar-refractivity contribution >= 4 is 21.8 Å². The molecule has 20 heavy (non-hydrogen) atoms. The van der Waals surface area contributed by atoms with Gasteiger partial charge in [-0.25, -0.2) is 8.42 Å². The van der Waals surface area contributed by atoms with E-state index in [9.17, 15) is 8.42 Å². The van der Waals surface area contributed by atoms with Crippen LogP contribution in [0.4, 0.5) is 0 Å². The Morgan fingerprint density at radius 1 is 1.25 bits per heavy atom. The lowest BCUT2D eigenvalue weighted by Crippen LogP contribution is -2.50. The minimum Gasteiger partial charge on any atom is -0.379 e. The summed E-state index contributed by atoms with van der Waals surface area (Å²) in [4.78, 5) is 2.34. The summed E-state index contributed by atoms with van der Waals surface area (Å²) in [5, 5.41) is 0. The van der Waals surface area contributed by atoms with Gasteiger partial charge in [-0.05, 0) is 18.6 Å². The first-order valence-electron chi connectivity index (χ1n) is 7.51. The molecular formula is C13H26N2O3S2. The largest absolute Gasteiger partial charge is 0.379 e. The summed E-state index contributed by atoms with van der Waals surface area (Å²) in [5.74, 6) is 2.26. The smallest absolute Gasteiger partial charge is 0.214 e. The van der Waals surface area contributed by atoms with Crippen molar-refractivity contribution in [1.82, 2.24) is 9.21 Å². The number of sulfonamides is 1. The van der Waals surface area contributed by atoms with Crippen molar-refractivity contribution in [3.05, 3.63) is 0 Å². The Morgan fingerprint density at radius 3 is 2.70 bits per heavy atom. The molecule has 2 fully saturated rings. The first-order valence-corrected chi connectivity index (χ1v) is 10.3. The SMILES string of the molecule is CCCS(=O)(=O)N1CCCSCC1CN1CCOCC1. The molecule has 2 saturated heterocycles. The topological polar surface area (TPSA) is 49.9 Å². The zero-order valence-electron chi connectivity index (χ0n) is 12.3. The molecule has 7 heteroatoms. The molecule has 1 unspecified atom stereocenters. The Hall–Kier alpha value is 0.180. The maximum absolute atomic E-state index is 12.5. The van der Waals surface area contributed by atoms with Crippen LogP contribution in [0.1, 0.15) is 19.8 Å². The Balaban J connectivity index is 2.04. The van der Waals surface area contributed by atoms with Crippen LogP contribution in [0.2, 0.25) is 0 Å². The lowest BCUT2D eigenvalue weighted by molar-refractivity contribution is 0.0309. The van der Waals surface area contributed by atoms with Crippen LogP contribution < -0.4 is 0 Å². The average Bonchev–Trinajstić information content (AvgIpc) is 2.66. The van der Waals surface area contributed by atoms with Gasteiger partial charge in [0.2, 0.25) is 10.0 Å². The second-order valence-corrected chi connectivity index (χ2v) is 8.61. The van der Waals surface area contributed by atoms with Crippen molar-refractivity contribution < 1.29 is 13.2 Å². The fraction of sp³-hybridized carbons (Fsp3) is 1.00. The van der Waals surface area contributed by atoms with Crippen molar-refractivity contribution in [3.63, 3.8) is 0 Å². The van der Waals surface area contributed by atoms with E-state index in [1.165, 1.54) is 0 Å². The Labute approximate surface area is 127 Å². The fourth-order valence-corrected chi connectivity index (χ4v) is 5.68. The van der Waals surface area contributed by atoms with Crippen LogP contribution in [0.3, 0.4) is 0 Å². The van der Waals surface area contributed by atoms with Crippen molar-refractivity contribution in [2.45, 2.75) is 25.8 Å². The molecule has 0 spiro atoms. The van der Waals surface area contributed by atoms with Gasteiger partial charge in [-0.2, -0.15) is 16.1 Å². The molecular weight excluding hydrogens is 296 g/mol. The van der Waals surface area contributed by atoms with E-state index in [2.05, 4.69) is 4.90 Å². The molecule has 2 aliphatic rings. The van der Waals surface area contributed by atoms with E-state index in [4.69, 9.17) is 4.74 Å². The summed E-state index contributed by atoms with van der Waals surface area (Å²) in [6.45, 7) is 6.83. The third-order valence-corrected chi connectivity index (χ3v) is 7.09. The van der Waals surface area contributed by atoms with Crippen molar-refractivity contribution in [3.8, 4) is 0 Å². The molecule has 118 valence electrons. The van der Waals surface area contributed by atoms with Crippen LogP contribution in [-0.2, 0) is 14.8 Å². The predicted molar refractivity (Wildman–Crippen MR) is 83.8 cm³/mol. The Morgan fingerprint density at radius 2 is 2.00 bits per heavy atom. The minimum atomic E-state index is -3.09. The lowest BCUT2D eigenvalue weighted by atomic mass is 10.2. The van der Waals surface area contributed by atoms with Gasteiger partial charge in [0.05, 0.1) is 19.0 Å². The summed E-state index contributed by atoms with van der Waals surface area (Å²) in [6, 6.07) is 0.122. The van der Waals surface area contributed by atoms with Crippen LogP contribution in [0.25, 0.3) is 0 Å². The van der Waals surface area contributed by atoms with Crippen molar-refractivity contribution in [2.24, 2.45) is 0 Å². The Bertz CT molecular complexity index is 383. The van der Waals surface area contributed by atoms with Crippen LogP contribution in [0, 0.1) is 0 Å². The summed E-state index contributed by atoms with van der Waals surface area (Å²) in [6.07, 6.45) is 1.66. The maximum Gasteiger partial charge on any atom is 0.214 e. The number of thioether (sulfide) groups is 1. The molecule has 5 nitrogen and oxygen atoms in total. The van der Waals surface area contributed by atoms with Gasteiger partial charge >= 0.3 is 0 Å². The highest BCUT2D eigenvalue weighted by Gasteiger charge is 2.32. The van der Waals surface area contributed by atoms with Crippen LogP contribution in [-0.4, -0.2) is 80.3 Å². The quantitative estimate of drug-likeness (QED) is 0.752. The standard InChI is InChI=1S/C13H26N2O3S2/c1-2-10-20(16,17)15-4-3-9-19-12-13(15)11-14-5-7-18-8-6-14/h13H,2-12H2,1H3. The monoisotopic (exact) mass is 322 g/mol. The molecule has 0 amide bonds. The predicted octanol–water partition coefficient (Wildman–Crippen LogP) is 0.866. The molecule has 0 aliphatic carbocycles. The second kappa shape index (κ2) is 7.98. The number of hydrogen-bond acceptors (Lipinski definition) is 5. The van der Waals surface area contributed by atoms with Gasteiger partial charge in [0.1, 0.15) is 0 Å². The van der Waals surface area contributed by atoms with E-state index in [1.54, 1.807) is 4.31 Å². The highest BCUT2D eigenvalue weighted by Crippen LogP contribution is 2.21. The molecule has 0 N–H and O–H groups in total. The number of rotatable bonds is 5. The summed E-state index contributed by atoms with van der Waals surface area (Å²) >= 11 is 1.89. The molecule has 2 rings (SSSR count). The molecule has 0 bridgehead atoms. The van der Waals surface area contributed by atoms with Gasteiger partial charge < -0.3 is 4.74 Å². The van der Waals surface area contributed by atoms with Gasteiger partial charge in [0, 0.05) is 38.0 Å². The highest BCUT2D eigenvalue weighted by molar-refractivity contribution is 7.99. The summed E-state index contributed by atoms with van der Waals surface area (Å²) in [7, 11) is -3.09. The molecule has 0 aromatic rings. The third-order valence-electron chi connectivity index (χ3n) is 3.78. The zero-order valence-corrected chi connectivity index (χ0v) is 13.9. The van der Waals surface area contributed by atoms with E-state index >= 15 is 0 Å². The minimum absolute atomic E-state index is 0.122. The maximum atomic E-state index is 12.5. The lowest BCUT2D eigenvalue weighted by Gasteiger charge is -2.35. The third kappa shape index (κ3) is 4.59. The Kier molecular flexibility index (Phi) is 6.61. The molecule has 1 atom stereocenters. The average molecular weight is 322 g/mol. The van der Waals surface area contributed by atoms with Gasteiger partial charge in [-0.15, -0.1) is 0 Å². The van der Waals surface area contributed by atoms with E-state index in [-0.39, 0.29) is 11.8 Å². The highest BCUT2D eigenvalue weighted by atomic mass is 32.2. The van der Waals surface area contributed by atoms with Gasteiger partial charge in [0.15, 0.2) is 0 Å². The number of hydrogen-bond donors (Lipinski definition) is 0. The van der Waals surface area contributed by atoms with Gasteiger partial charge in [-0.1, -0.05) is 6.92 Å². The van der Waals surface area contributed by atoms with Gasteiger partial charge in [-0.3, -0.25) is 4.90 Å². The normalized spacial score (nSPS) is 27.4. The summed E-state index contributed by atoms with van der Waals surface area (Å²) < 4.78 is 32.1. The fourth-order valence-electron chi connectivity index (χ4n) is 2.77. The van der Waals surface area contributed by atoms with Crippen LogP contribution >= 0.6 is 11.8 Å². The molecule has 0 aromatic carbocycles. The van der Waals surface area contributed by atoms with Crippen LogP contribution in [0.5, 0.6) is 0 Å². The first-order chi connectivity index (χ1) is 9.63. The second-order valence-electron chi connectivity index (χ2n) is 5.42. The zero-order chi connectivity index (χ0) is 14.4. The van der Waals surface area contributed by atoms with Crippen molar-refractivity contribution in [2.75, 3.05) is 56.7 Å². The molecule has 0 radical (unpaired) electrons. The molecule has 0 aromatic heterocycles. The van der Waals surface area contributed by atoms with E-state index in [0.717, 1.165) is 50.8 Å². The van der Waals surface area contributed by atoms with Crippen molar-refractivity contribution in [1.29, 1.82) is 0 Å². The molecule has 2 aliphatic heterocycles. The van der Waals surface area contributed by atoms with E-state index in [0.29, 0.717) is 13.0 Å². The number of nitrogens with zero attached hydrogens (tertiary/aromatic N) is 2. The summed E-state index contributed by atoms with van der Waals surface area (Å²) in [5.41, 5.74) is 0. The molecule has 2 heterocycles. The number of morpholine rings is 1.